The molecule has 0 aromatic carbocycles. The number of unbranched alkanes of at least 4 members (excludes halogenated alkanes) is 21. The molecular formula is C47H83O8P. The molecule has 8 nitrogen and oxygen atoms in total. The van der Waals surface area contributed by atoms with E-state index in [1.54, 1.807) is 0 Å². The highest BCUT2D eigenvalue weighted by molar-refractivity contribution is 7.46. The van der Waals surface area contributed by atoms with Crippen molar-refractivity contribution in [2.45, 2.75) is 213 Å². The molecule has 0 unspecified atom stereocenters. The smallest absolute Gasteiger partial charge is 0.462 e. The van der Waals surface area contributed by atoms with Crippen LogP contribution < -0.4 is 0 Å². The molecule has 2 N–H and O–H groups in total. The number of esters is 2. The fourth-order valence-electron chi connectivity index (χ4n) is 6.13. The third-order valence-corrected chi connectivity index (χ3v) is 9.99. The summed E-state index contributed by atoms with van der Waals surface area (Å²) < 4.78 is 26.4. The Morgan fingerprint density at radius 3 is 1.30 bits per heavy atom. The number of phosphoric ester groups is 1. The highest BCUT2D eigenvalue weighted by Crippen LogP contribution is 2.36. The number of phosphoric acid groups is 1. The molecule has 0 spiro atoms. The number of carbonyl (C=O) groups is 2. The monoisotopic (exact) mass is 807 g/mol. The van der Waals surface area contributed by atoms with Crippen LogP contribution in [0.4, 0.5) is 0 Å². The second-order valence-corrected chi connectivity index (χ2v) is 16.3. The number of carbonyl (C=O) groups excluding carboxylic acids is 2. The quantitative estimate of drug-likeness (QED) is 0.0271. The molecule has 0 radical (unpaired) electrons. The van der Waals surface area contributed by atoms with E-state index in [0.717, 1.165) is 44.9 Å². The van der Waals surface area contributed by atoms with Gasteiger partial charge in [-0.1, -0.05) is 177 Å². The molecule has 0 saturated carbocycles. The van der Waals surface area contributed by atoms with Crippen LogP contribution in [0.3, 0.4) is 0 Å². The predicted octanol–water partition coefficient (Wildman–Crippen LogP) is 14.1. The third kappa shape index (κ3) is 44.5. The zero-order valence-corrected chi connectivity index (χ0v) is 36.7. The molecule has 0 aliphatic carbocycles. The molecule has 324 valence electrons. The molecule has 0 bridgehead atoms. The van der Waals surface area contributed by atoms with Crippen LogP contribution in [0.25, 0.3) is 0 Å². The van der Waals surface area contributed by atoms with E-state index < -0.39 is 32.5 Å². The Morgan fingerprint density at radius 2 is 0.821 bits per heavy atom. The zero-order valence-electron chi connectivity index (χ0n) is 35.8. The molecule has 0 rings (SSSR count). The molecule has 0 amide bonds. The second-order valence-electron chi connectivity index (χ2n) is 15.0. The van der Waals surface area contributed by atoms with Gasteiger partial charge < -0.3 is 19.3 Å². The summed E-state index contributed by atoms with van der Waals surface area (Å²) in [5, 5.41) is 0. The van der Waals surface area contributed by atoms with Crippen LogP contribution in [0.1, 0.15) is 206 Å². The minimum Gasteiger partial charge on any atom is -0.462 e. The van der Waals surface area contributed by atoms with Gasteiger partial charge >= 0.3 is 19.8 Å². The summed E-state index contributed by atoms with van der Waals surface area (Å²) in [7, 11) is -4.77. The van der Waals surface area contributed by atoms with Crippen molar-refractivity contribution in [1.82, 2.24) is 0 Å². The van der Waals surface area contributed by atoms with E-state index in [1.165, 1.54) is 122 Å². The van der Waals surface area contributed by atoms with Gasteiger partial charge in [0.15, 0.2) is 6.10 Å². The second kappa shape index (κ2) is 42.4. The SMILES string of the molecule is CCCCC/C=C\C/C=C\C/C=C\C/C=C\CCCC(=O)OC[C@H](COP(=O)(O)O)OC(=O)CCCCCCCCCCCCC/C=C\CCCCCCCC. The predicted molar refractivity (Wildman–Crippen MR) is 234 cm³/mol. The van der Waals surface area contributed by atoms with Gasteiger partial charge in [0, 0.05) is 12.8 Å². The van der Waals surface area contributed by atoms with Crippen LogP contribution in [0.15, 0.2) is 60.8 Å². The van der Waals surface area contributed by atoms with Gasteiger partial charge in [0.25, 0.3) is 0 Å². The van der Waals surface area contributed by atoms with E-state index in [4.69, 9.17) is 19.3 Å². The molecule has 0 heterocycles. The van der Waals surface area contributed by atoms with Crippen LogP contribution in [0.5, 0.6) is 0 Å². The van der Waals surface area contributed by atoms with Gasteiger partial charge in [-0.05, 0) is 77.0 Å². The summed E-state index contributed by atoms with van der Waals surface area (Å²) in [6, 6.07) is 0. The van der Waals surface area contributed by atoms with Gasteiger partial charge in [-0.25, -0.2) is 4.57 Å². The Bertz CT molecular complexity index is 1090. The first-order valence-electron chi connectivity index (χ1n) is 22.6. The average Bonchev–Trinajstić information content (AvgIpc) is 3.17. The Hall–Kier alpha value is -2.25. The lowest BCUT2D eigenvalue weighted by Gasteiger charge is -2.18. The van der Waals surface area contributed by atoms with Gasteiger partial charge in [0.2, 0.25) is 0 Å². The number of rotatable bonds is 41. The van der Waals surface area contributed by atoms with Gasteiger partial charge in [-0.3, -0.25) is 14.1 Å². The molecule has 0 aliphatic heterocycles. The Kier molecular flexibility index (Phi) is 40.7. The Morgan fingerprint density at radius 1 is 0.464 bits per heavy atom. The van der Waals surface area contributed by atoms with Crippen molar-refractivity contribution in [2.75, 3.05) is 13.2 Å². The lowest BCUT2D eigenvalue weighted by atomic mass is 10.0. The fourth-order valence-corrected chi connectivity index (χ4v) is 6.49. The van der Waals surface area contributed by atoms with Crippen LogP contribution in [-0.2, 0) is 28.2 Å². The highest BCUT2D eigenvalue weighted by Gasteiger charge is 2.22. The van der Waals surface area contributed by atoms with E-state index in [1.807, 2.05) is 6.08 Å². The van der Waals surface area contributed by atoms with Crippen LogP contribution in [0, 0.1) is 0 Å². The van der Waals surface area contributed by atoms with Crippen molar-refractivity contribution < 1.29 is 37.9 Å². The average molecular weight is 807 g/mol. The summed E-state index contributed by atoms with van der Waals surface area (Å²) in [5.74, 6) is -0.950. The number of allylic oxidation sites excluding steroid dienone is 10. The molecular weight excluding hydrogens is 723 g/mol. The van der Waals surface area contributed by atoms with Gasteiger partial charge in [-0.2, -0.15) is 0 Å². The summed E-state index contributed by atoms with van der Waals surface area (Å²) in [6.07, 6.45) is 53.8. The molecule has 56 heavy (non-hydrogen) atoms. The number of ether oxygens (including phenoxy) is 2. The first-order valence-corrected chi connectivity index (χ1v) is 24.1. The minimum absolute atomic E-state index is 0.190. The van der Waals surface area contributed by atoms with Crippen LogP contribution in [-0.4, -0.2) is 41.0 Å². The van der Waals surface area contributed by atoms with E-state index in [-0.39, 0.29) is 19.4 Å². The van der Waals surface area contributed by atoms with Crippen molar-refractivity contribution in [3.8, 4) is 0 Å². The molecule has 1 atom stereocenters. The third-order valence-electron chi connectivity index (χ3n) is 9.51. The molecule has 0 aliphatic rings. The topological polar surface area (TPSA) is 119 Å². The van der Waals surface area contributed by atoms with Crippen molar-refractivity contribution >= 4 is 19.8 Å². The molecule has 0 aromatic rings. The van der Waals surface area contributed by atoms with Crippen LogP contribution >= 0.6 is 7.82 Å². The molecule has 9 heteroatoms. The van der Waals surface area contributed by atoms with E-state index in [2.05, 4.69) is 73.1 Å². The summed E-state index contributed by atoms with van der Waals surface area (Å²) >= 11 is 0. The Labute approximate surface area is 343 Å². The lowest BCUT2D eigenvalue weighted by Crippen LogP contribution is -2.29. The lowest BCUT2D eigenvalue weighted by molar-refractivity contribution is -0.161. The summed E-state index contributed by atoms with van der Waals surface area (Å²) in [5.41, 5.74) is 0. The molecule has 0 aromatic heterocycles. The fraction of sp³-hybridized carbons (Fsp3) is 0.745. The van der Waals surface area contributed by atoms with Gasteiger partial charge in [-0.15, -0.1) is 0 Å². The minimum atomic E-state index is -4.77. The van der Waals surface area contributed by atoms with Gasteiger partial charge in [0.05, 0.1) is 6.61 Å². The number of hydrogen-bond donors (Lipinski definition) is 2. The maximum atomic E-state index is 12.4. The van der Waals surface area contributed by atoms with E-state index in [0.29, 0.717) is 12.8 Å². The molecule has 0 saturated heterocycles. The maximum Gasteiger partial charge on any atom is 0.469 e. The van der Waals surface area contributed by atoms with Crippen molar-refractivity contribution in [1.29, 1.82) is 0 Å². The van der Waals surface area contributed by atoms with Crippen molar-refractivity contribution in [3.05, 3.63) is 60.8 Å². The van der Waals surface area contributed by atoms with E-state index in [9.17, 15) is 14.2 Å². The number of hydrogen-bond acceptors (Lipinski definition) is 6. The normalized spacial score (nSPS) is 13.0. The van der Waals surface area contributed by atoms with Crippen molar-refractivity contribution in [2.24, 2.45) is 0 Å². The van der Waals surface area contributed by atoms with E-state index >= 15 is 0 Å². The first-order chi connectivity index (χ1) is 27.3. The van der Waals surface area contributed by atoms with Crippen LogP contribution in [0.2, 0.25) is 0 Å². The van der Waals surface area contributed by atoms with Crippen molar-refractivity contribution in [3.63, 3.8) is 0 Å². The first kappa shape index (κ1) is 53.8. The zero-order chi connectivity index (χ0) is 41.1. The summed E-state index contributed by atoms with van der Waals surface area (Å²) in [4.78, 5) is 42.9. The maximum absolute atomic E-state index is 12.4. The Balaban J connectivity index is 3.95. The molecule has 0 fully saturated rings. The highest BCUT2D eigenvalue weighted by atomic mass is 31.2. The summed E-state index contributed by atoms with van der Waals surface area (Å²) in [6.45, 7) is 3.62. The van der Waals surface area contributed by atoms with Gasteiger partial charge in [0.1, 0.15) is 6.61 Å². The standard InChI is InChI=1S/C47H83O8P/c1-3-5-7-9-11-13-15-17-19-21-22-23-24-26-28-30-32-34-36-38-40-42-47(49)55-45(44-54-56(50,51)52)43-53-46(48)41-39-37-35-33-31-29-27-25-20-18-16-14-12-10-8-6-4-2/h12,14,17-20,27,29,33,35,45H,3-11,13,15-16,21-26,28,30-32,34,36-44H2,1-2H3,(H2,50,51,52)/b14-12-,19-17-,20-18-,29-27-,35-33-/t45-/m1/s1. The largest absolute Gasteiger partial charge is 0.469 e.